The van der Waals surface area contributed by atoms with E-state index in [1.54, 1.807) is 0 Å². The summed E-state index contributed by atoms with van der Waals surface area (Å²) < 4.78 is 1.84. The van der Waals surface area contributed by atoms with Gasteiger partial charge in [-0.15, -0.1) is 0 Å². The molecule has 3 heteroatoms. The number of nitrogens with zero attached hydrogens (tertiary/aromatic N) is 2. The van der Waals surface area contributed by atoms with Crippen molar-refractivity contribution in [3.63, 3.8) is 0 Å². The summed E-state index contributed by atoms with van der Waals surface area (Å²) in [5, 5.41) is 4.47. The van der Waals surface area contributed by atoms with Crippen molar-refractivity contribution in [2.45, 2.75) is 19.8 Å². The van der Waals surface area contributed by atoms with Crippen LogP contribution in [0.3, 0.4) is 0 Å². The van der Waals surface area contributed by atoms with Crippen LogP contribution in [0, 0.1) is 0 Å². The highest BCUT2D eigenvalue weighted by Crippen LogP contribution is 2.23. The van der Waals surface area contributed by atoms with Crippen molar-refractivity contribution in [1.29, 1.82) is 0 Å². The zero-order chi connectivity index (χ0) is 12.3. The molecule has 0 aliphatic carbocycles. The number of carbonyl (C=O) groups excluding carboxylic acids is 1. The summed E-state index contributed by atoms with van der Waals surface area (Å²) in [6.07, 6.45) is 4.95. The third-order valence-corrected chi connectivity index (χ3v) is 2.75. The van der Waals surface area contributed by atoms with Gasteiger partial charge < -0.3 is 0 Å². The molecular formula is C14H16N2O. The number of hydrogen-bond acceptors (Lipinski definition) is 2. The van der Waals surface area contributed by atoms with Gasteiger partial charge in [-0.2, -0.15) is 5.10 Å². The van der Waals surface area contributed by atoms with E-state index in [1.807, 2.05) is 42.2 Å². The molecule has 1 aromatic heterocycles. The van der Waals surface area contributed by atoms with Crippen LogP contribution in [0.5, 0.6) is 0 Å². The Bertz CT molecular complexity index is 512. The molecule has 0 radical (unpaired) electrons. The van der Waals surface area contributed by atoms with Crippen molar-refractivity contribution in [1.82, 2.24) is 9.78 Å². The first-order chi connectivity index (χ1) is 8.24. The van der Waals surface area contributed by atoms with Crippen LogP contribution in [0.25, 0.3) is 11.1 Å². The maximum Gasteiger partial charge on any atom is 0.150 e. The molecule has 2 rings (SSSR count). The number of aryl methyl sites for hydroxylation is 2. The summed E-state index contributed by atoms with van der Waals surface area (Å²) in [4.78, 5) is 10.6. The molecule has 0 amide bonds. The van der Waals surface area contributed by atoms with E-state index in [-0.39, 0.29) is 0 Å². The van der Waals surface area contributed by atoms with E-state index in [1.165, 1.54) is 0 Å². The molecule has 0 N–H and O–H groups in total. The number of benzene rings is 1. The number of carbonyl (C=O) groups is 1. The zero-order valence-electron chi connectivity index (χ0n) is 10.2. The van der Waals surface area contributed by atoms with Gasteiger partial charge in [-0.3, -0.25) is 9.48 Å². The van der Waals surface area contributed by atoms with Crippen LogP contribution in [0.15, 0.2) is 30.5 Å². The van der Waals surface area contributed by atoms with Crippen LogP contribution >= 0.6 is 0 Å². The molecule has 0 atom stereocenters. The third kappa shape index (κ3) is 2.44. The van der Waals surface area contributed by atoms with Gasteiger partial charge in [0.15, 0.2) is 0 Å². The van der Waals surface area contributed by atoms with E-state index in [0.717, 1.165) is 35.9 Å². The van der Waals surface area contributed by atoms with Gasteiger partial charge >= 0.3 is 0 Å². The molecule has 0 bridgehead atoms. The molecular weight excluding hydrogens is 212 g/mol. The van der Waals surface area contributed by atoms with Gasteiger partial charge in [0.25, 0.3) is 0 Å². The molecule has 2 aromatic rings. The fourth-order valence-corrected chi connectivity index (χ4v) is 1.94. The minimum absolute atomic E-state index is 0.703. The van der Waals surface area contributed by atoms with Gasteiger partial charge in [-0.1, -0.05) is 37.6 Å². The van der Waals surface area contributed by atoms with Crippen molar-refractivity contribution in [3.05, 3.63) is 41.7 Å². The second kappa shape index (κ2) is 4.95. The van der Waals surface area contributed by atoms with E-state index in [9.17, 15) is 4.79 Å². The number of rotatable bonds is 4. The maximum atomic E-state index is 10.6. The lowest BCUT2D eigenvalue weighted by Gasteiger charge is -2.01. The van der Waals surface area contributed by atoms with Crippen LogP contribution in [-0.2, 0) is 13.5 Å². The lowest BCUT2D eigenvalue weighted by Crippen LogP contribution is -1.91. The first-order valence-electron chi connectivity index (χ1n) is 5.82. The lowest BCUT2D eigenvalue weighted by atomic mass is 10.0. The monoisotopic (exact) mass is 228 g/mol. The standard InChI is InChI=1S/C14H16N2O/c1-3-4-14-13(9-16(2)15-14)12-7-5-11(10-17)6-8-12/h5-10H,3-4H2,1-2H3. The minimum atomic E-state index is 0.703. The topological polar surface area (TPSA) is 34.9 Å². The number of hydrogen-bond donors (Lipinski definition) is 0. The third-order valence-electron chi connectivity index (χ3n) is 2.75. The molecule has 88 valence electrons. The molecule has 0 spiro atoms. The van der Waals surface area contributed by atoms with Crippen molar-refractivity contribution < 1.29 is 4.79 Å². The number of aromatic nitrogens is 2. The molecule has 1 heterocycles. The zero-order valence-corrected chi connectivity index (χ0v) is 10.2. The van der Waals surface area contributed by atoms with Gasteiger partial charge in [0.2, 0.25) is 0 Å². The van der Waals surface area contributed by atoms with Crippen molar-refractivity contribution in [2.75, 3.05) is 0 Å². The summed E-state index contributed by atoms with van der Waals surface area (Å²) in [5.41, 5.74) is 4.10. The lowest BCUT2D eigenvalue weighted by molar-refractivity contribution is 0.112. The van der Waals surface area contributed by atoms with E-state index in [2.05, 4.69) is 12.0 Å². The fraction of sp³-hybridized carbons (Fsp3) is 0.286. The van der Waals surface area contributed by atoms with E-state index in [0.29, 0.717) is 5.56 Å². The Morgan fingerprint density at radius 2 is 2.00 bits per heavy atom. The van der Waals surface area contributed by atoms with Gasteiger partial charge in [0.05, 0.1) is 5.69 Å². The predicted molar refractivity (Wildman–Crippen MR) is 68.0 cm³/mol. The summed E-state index contributed by atoms with van der Waals surface area (Å²) in [5.74, 6) is 0. The Morgan fingerprint density at radius 3 is 2.59 bits per heavy atom. The molecule has 0 fully saturated rings. The van der Waals surface area contributed by atoms with Crippen molar-refractivity contribution in [2.24, 2.45) is 7.05 Å². The van der Waals surface area contributed by atoms with Gasteiger partial charge in [0, 0.05) is 24.4 Å². The van der Waals surface area contributed by atoms with E-state index < -0.39 is 0 Å². The summed E-state index contributed by atoms with van der Waals surface area (Å²) in [6, 6.07) is 7.62. The maximum absolute atomic E-state index is 10.6. The second-order valence-corrected chi connectivity index (χ2v) is 4.15. The Labute approximate surface area is 101 Å². The Hall–Kier alpha value is -1.90. The molecule has 3 nitrogen and oxygen atoms in total. The van der Waals surface area contributed by atoms with E-state index >= 15 is 0 Å². The van der Waals surface area contributed by atoms with Crippen LogP contribution < -0.4 is 0 Å². The van der Waals surface area contributed by atoms with E-state index in [4.69, 9.17) is 0 Å². The SMILES string of the molecule is CCCc1nn(C)cc1-c1ccc(C=O)cc1. The fourth-order valence-electron chi connectivity index (χ4n) is 1.94. The highest BCUT2D eigenvalue weighted by Gasteiger charge is 2.08. The normalized spacial score (nSPS) is 10.5. The summed E-state index contributed by atoms with van der Waals surface area (Å²) in [7, 11) is 1.93. The molecule has 0 aliphatic heterocycles. The molecule has 17 heavy (non-hydrogen) atoms. The second-order valence-electron chi connectivity index (χ2n) is 4.15. The first-order valence-corrected chi connectivity index (χ1v) is 5.82. The molecule has 1 aromatic carbocycles. The van der Waals surface area contributed by atoms with Crippen LogP contribution in [0.4, 0.5) is 0 Å². The molecule has 0 aliphatic rings. The average Bonchev–Trinajstić information content (AvgIpc) is 2.71. The largest absolute Gasteiger partial charge is 0.298 e. The average molecular weight is 228 g/mol. The van der Waals surface area contributed by atoms with Gasteiger partial charge in [-0.05, 0) is 12.0 Å². The smallest absolute Gasteiger partial charge is 0.150 e. The van der Waals surface area contributed by atoms with Crippen LogP contribution in [0.1, 0.15) is 29.4 Å². The highest BCUT2D eigenvalue weighted by atomic mass is 16.1. The summed E-state index contributed by atoms with van der Waals surface area (Å²) >= 11 is 0. The summed E-state index contributed by atoms with van der Waals surface area (Å²) in [6.45, 7) is 2.15. The molecule has 0 unspecified atom stereocenters. The van der Waals surface area contributed by atoms with Crippen LogP contribution in [-0.4, -0.2) is 16.1 Å². The Kier molecular flexibility index (Phi) is 3.38. The first kappa shape index (κ1) is 11.6. The van der Waals surface area contributed by atoms with Crippen LogP contribution in [0.2, 0.25) is 0 Å². The Balaban J connectivity index is 2.40. The minimum Gasteiger partial charge on any atom is -0.298 e. The van der Waals surface area contributed by atoms with Crippen molar-refractivity contribution in [3.8, 4) is 11.1 Å². The molecule has 0 saturated heterocycles. The van der Waals surface area contributed by atoms with Gasteiger partial charge in [0.1, 0.15) is 6.29 Å². The quantitative estimate of drug-likeness (QED) is 0.754. The van der Waals surface area contributed by atoms with Gasteiger partial charge in [-0.25, -0.2) is 0 Å². The predicted octanol–water partition coefficient (Wildman–Crippen LogP) is 2.85. The Morgan fingerprint density at radius 1 is 1.29 bits per heavy atom. The number of aldehydes is 1. The van der Waals surface area contributed by atoms with Crippen molar-refractivity contribution >= 4 is 6.29 Å². The highest BCUT2D eigenvalue weighted by molar-refractivity contribution is 5.77. The molecule has 0 saturated carbocycles.